The van der Waals surface area contributed by atoms with E-state index in [2.05, 4.69) is 10.3 Å². The Labute approximate surface area is 92.4 Å². The normalized spacial score (nSPS) is 16.2. The average Bonchev–Trinajstić information content (AvgIpc) is 3.00. The number of nitrogens with zero attached hydrogens (tertiary/aromatic N) is 1. The molecule has 0 bridgehead atoms. The second kappa shape index (κ2) is 4.47. The van der Waals surface area contributed by atoms with Crippen LogP contribution < -0.4 is 11.1 Å². The molecule has 1 aliphatic carbocycles. The van der Waals surface area contributed by atoms with E-state index in [-0.39, 0.29) is 6.54 Å². The van der Waals surface area contributed by atoms with Crippen molar-refractivity contribution in [1.82, 2.24) is 5.32 Å². The summed E-state index contributed by atoms with van der Waals surface area (Å²) in [7, 11) is 0. The topological polar surface area (TPSA) is 50.4 Å². The smallest absolute Gasteiger partial charge is 0.189 e. The van der Waals surface area contributed by atoms with Gasteiger partial charge in [0.25, 0.3) is 0 Å². The van der Waals surface area contributed by atoms with E-state index in [4.69, 9.17) is 5.73 Å². The molecule has 0 unspecified atom stereocenters. The van der Waals surface area contributed by atoms with Crippen LogP contribution in [-0.2, 0) is 6.54 Å². The van der Waals surface area contributed by atoms with E-state index in [1.807, 2.05) is 0 Å². The van der Waals surface area contributed by atoms with Crippen molar-refractivity contribution in [3.63, 3.8) is 0 Å². The number of hydrogen-bond donors (Lipinski definition) is 2. The van der Waals surface area contributed by atoms with Gasteiger partial charge in [-0.1, -0.05) is 6.07 Å². The molecule has 2 rings (SSSR count). The van der Waals surface area contributed by atoms with Crippen molar-refractivity contribution in [3.05, 3.63) is 35.4 Å². The Balaban J connectivity index is 1.97. The zero-order valence-electron chi connectivity index (χ0n) is 8.71. The van der Waals surface area contributed by atoms with Gasteiger partial charge in [0.15, 0.2) is 5.96 Å². The third-order valence-corrected chi connectivity index (χ3v) is 2.36. The van der Waals surface area contributed by atoms with Crippen molar-refractivity contribution < 1.29 is 8.78 Å². The highest BCUT2D eigenvalue weighted by molar-refractivity contribution is 5.78. The summed E-state index contributed by atoms with van der Waals surface area (Å²) >= 11 is 0. The molecule has 86 valence electrons. The van der Waals surface area contributed by atoms with Crippen molar-refractivity contribution in [2.24, 2.45) is 10.7 Å². The largest absolute Gasteiger partial charge is 0.370 e. The fraction of sp³-hybridized carbons (Fsp3) is 0.364. The maximum atomic E-state index is 13.2. The minimum absolute atomic E-state index is 0.123. The Morgan fingerprint density at radius 2 is 2.19 bits per heavy atom. The van der Waals surface area contributed by atoms with E-state index in [0.717, 1.165) is 18.9 Å². The molecule has 1 aromatic rings. The molecule has 16 heavy (non-hydrogen) atoms. The molecule has 1 fully saturated rings. The average molecular weight is 225 g/mol. The summed E-state index contributed by atoms with van der Waals surface area (Å²) in [5.41, 5.74) is 5.92. The van der Waals surface area contributed by atoms with Crippen molar-refractivity contribution >= 4 is 5.96 Å². The lowest BCUT2D eigenvalue weighted by atomic mass is 10.2. The van der Waals surface area contributed by atoms with Crippen molar-refractivity contribution in [1.29, 1.82) is 0 Å². The monoisotopic (exact) mass is 225 g/mol. The van der Waals surface area contributed by atoms with Gasteiger partial charge in [0.2, 0.25) is 0 Å². The first-order valence-corrected chi connectivity index (χ1v) is 5.15. The van der Waals surface area contributed by atoms with Gasteiger partial charge in [0.1, 0.15) is 11.6 Å². The number of aliphatic imine (C=N–C) groups is 1. The summed E-state index contributed by atoms with van der Waals surface area (Å²) in [6.07, 6.45) is 2.20. The number of rotatable bonds is 3. The highest BCUT2D eigenvalue weighted by Crippen LogP contribution is 2.18. The van der Waals surface area contributed by atoms with E-state index < -0.39 is 11.6 Å². The third-order valence-electron chi connectivity index (χ3n) is 2.36. The molecule has 1 aliphatic rings. The molecule has 0 spiro atoms. The number of nitrogens with two attached hydrogens (primary N) is 1. The Morgan fingerprint density at radius 3 is 2.81 bits per heavy atom. The van der Waals surface area contributed by atoms with E-state index in [1.165, 1.54) is 12.1 Å². The molecule has 5 heteroatoms. The standard InChI is InChI=1S/C11H13F2N3/c12-8-2-1-7(10(13)5-8)6-15-11(14)16-9-3-4-9/h1-2,5,9H,3-4,6H2,(H3,14,15,16). The molecule has 3 nitrogen and oxygen atoms in total. The third kappa shape index (κ3) is 2.92. The second-order valence-electron chi connectivity index (χ2n) is 3.86. The van der Waals surface area contributed by atoms with Gasteiger partial charge in [-0.3, -0.25) is 0 Å². The Bertz CT molecular complexity index is 414. The fourth-order valence-electron chi connectivity index (χ4n) is 1.30. The summed E-state index contributed by atoms with van der Waals surface area (Å²) < 4.78 is 25.8. The molecule has 0 saturated heterocycles. The van der Waals surface area contributed by atoms with Gasteiger partial charge in [-0.2, -0.15) is 0 Å². The van der Waals surface area contributed by atoms with E-state index in [0.29, 0.717) is 17.6 Å². The number of benzene rings is 1. The lowest BCUT2D eigenvalue weighted by Gasteiger charge is -2.03. The van der Waals surface area contributed by atoms with Crippen LogP contribution in [0.15, 0.2) is 23.2 Å². The Hall–Kier alpha value is -1.65. The molecular weight excluding hydrogens is 212 g/mol. The first-order chi connectivity index (χ1) is 7.65. The van der Waals surface area contributed by atoms with Gasteiger partial charge in [0, 0.05) is 17.7 Å². The molecule has 0 aromatic heterocycles. The van der Waals surface area contributed by atoms with E-state index >= 15 is 0 Å². The zero-order chi connectivity index (χ0) is 11.5. The van der Waals surface area contributed by atoms with Gasteiger partial charge in [-0.25, -0.2) is 13.8 Å². The highest BCUT2D eigenvalue weighted by atomic mass is 19.1. The lowest BCUT2D eigenvalue weighted by Crippen LogP contribution is -2.33. The SMILES string of the molecule is NC(=NCc1ccc(F)cc1F)NC1CC1. The number of hydrogen-bond acceptors (Lipinski definition) is 1. The Morgan fingerprint density at radius 1 is 1.44 bits per heavy atom. The van der Waals surface area contributed by atoms with Crippen LogP contribution in [0, 0.1) is 11.6 Å². The maximum Gasteiger partial charge on any atom is 0.189 e. The molecule has 3 N–H and O–H groups in total. The highest BCUT2D eigenvalue weighted by Gasteiger charge is 2.21. The molecule has 0 radical (unpaired) electrons. The van der Waals surface area contributed by atoms with Gasteiger partial charge >= 0.3 is 0 Å². The molecular formula is C11H13F2N3. The van der Waals surface area contributed by atoms with Crippen LogP contribution >= 0.6 is 0 Å². The second-order valence-corrected chi connectivity index (χ2v) is 3.86. The van der Waals surface area contributed by atoms with Crippen LogP contribution in [0.3, 0.4) is 0 Å². The van der Waals surface area contributed by atoms with Gasteiger partial charge in [0.05, 0.1) is 6.54 Å². The van der Waals surface area contributed by atoms with Crippen LogP contribution in [0.2, 0.25) is 0 Å². The van der Waals surface area contributed by atoms with Crippen LogP contribution in [0.1, 0.15) is 18.4 Å². The molecule has 0 heterocycles. The molecule has 0 amide bonds. The van der Waals surface area contributed by atoms with Crippen molar-refractivity contribution in [3.8, 4) is 0 Å². The van der Waals surface area contributed by atoms with Crippen LogP contribution in [0.5, 0.6) is 0 Å². The summed E-state index contributed by atoms with van der Waals surface area (Å²) in [6, 6.07) is 3.84. The Kier molecular flexibility index (Phi) is 3.03. The van der Waals surface area contributed by atoms with Gasteiger partial charge in [-0.05, 0) is 18.9 Å². The van der Waals surface area contributed by atoms with E-state index in [1.54, 1.807) is 0 Å². The quantitative estimate of drug-likeness (QED) is 0.605. The summed E-state index contributed by atoms with van der Waals surface area (Å²) in [6.45, 7) is 0.123. The molecule has 1 saturated carbocycles. The fourth-order valence-corrected chi connectivity index (χ4v) is 1.30. The van der Waals surface area contributed by atoms with Crippen LogP contribution in [0.25, 0.3) is 0 Å². The summed E-state index contributed by atoms with van der Waals surface area (Å²) in [4.78, 5) is 3.99. The minimum Gasteiger partial charge on any atom is -0.370 e. The van der Waals surface area contributed by atoms with Crippen molar-refractivity contribution in [2.75, 3.05) is 0 Å². The van der Waals surface area contributed by atoms with Gasteiger partial charge in [-0.15, -0.1) is 0 Å². The van der Waals surface area contributed by atoms with Crippen LogP contribution in [-0.4, -0.2) is 12.0 Å². The number of halogens is 2. The maximum absolute atomic E-state index is 13.2. The summed E-state index contributed by atoms with van der Waals surface area (Å²) in [5, 5.41) is 2.99. The molecule has 1 aromatic carbocycles. The predicted molar refractivity (Wildman–Crippen MR) is 57.8 cm³/mol. The number of nitrogens with one attached hydrogen (secondary N) is 1. The zero-order valence-corrected chi connectivity index (χ0v) is 8.71. The molecule has 0 aliphatic heterocycles. The van der Waals surface area contributed by atoms with Gasteiger partial charge < -0.3 is 11.1 Å². The summed E-state index contributed by atoms with van der Waals surface area (Å²) in [5.74, 6) is -0.872. The first-order valence-electron chi connectivity index (χ1n) is 5.15. The van der Waals surface area contributed by atoms with Crippen LogP contribution in [0.4, 0.5) is 8.78 Å². The molecule has 0 atom stereocenters. The predicted octanol–water partition coefficient (Wildman–Crippen LogP) is 1.53. The first kappa shape index (κ1) is 10.9. The minimum atomic E-state index is -0.594. The van der Waals surface area contributed by atoms with E-state index in [9.17, 15) is 8.78 Å². The number of guanidine groups is 1. The lowest BCUT2D eigenvalue weighted by molar-refractivity contribution is 0.572. The van der Waals surface area contributed by atoms with Crippen molar-refractivity contribution in [2.45, 2.75) is 25.4 Å².